The van der Waals surface area contributed by atoms with Crippen LogP contribution in [0.3, 0.4) is 0 Å². The average molecular weight is 180 g/mol. The quantitative estimate of drug-likeness (QED) is 0.661. The van der Waals surface area contributed by atoms with Gasteiger partial charge in [-0.05, 0) is 42.0 Å². The molecular weight excluding hydrogens is 163 g/mol. The molecule has 1 aromatic carbocycles. The second-order valence-corrected chi connectivity index (χ2v) is 3.51. The van der Waals surface area contributed by atoms with Crippen LogP contribution in [0.4, 0.5) is 4.39 Å². The lowest BCUT2D eigenvalue weighted by atomic mass is 9.92. The van der Waals surface area contributed by atoms with Gasteiger partial charge in [0.2, 0.25) is 0 Å². The standard InChI is InChI=1S/C12H17F/c1-4-9(3)12-8-11(13)7-6-10(12)5-2/h6-9H,4-5H2,1-3H3. The van der Waals surface area contributed by atoms with E-state index in [0.717, 1.165) is 12.8 Å². The van der Waals surface area contributed by atoms with E-state index in [9.17, 15) is 4.39 Å². The highest BCUT2D eigenvalue weighted by Gasteiger charge is 2.08. The molecule has 0 aliphatic heterocycles. The topological polar surface area (TPSA) is 0 Å². The van der Waals surface area contributed by atoms with Gasteiger partial charge < -0.3 is 0 Å². The number of hydrogen-bond donors (Lipinski definition) is 0. The van der Waals surface area contributed by atoms with Gasteiger partial charge in [-0.2, -0.15) is 0 Å². The van der Waals surface area contributed by atoms with Gasteiger partial charge in [0.15, 0.2) is 0 Å². The van der Waals surface area contributed by atoms with Gasteiger partial charge >= 0.3 is 0 Å². The van der Waals surface area contributed by atoms with Gasteiger partial charge in [-0.1, -0.05) is 26.8 Å². The molecule has 0 bridgehead atoms. The maximum absolute atomic E-state index is 13.0. The van der Waals surface area contributed by atoms with Crippen molar-refractivity contribution >= 4 is 0 Å². The van der Waals surface area contributed by atoms with Crippen molar-refractivity contribution in [3.8, 4) is 0 Å². The number of rotatable bonds is 3. The number of aryl methyl sites for hydroxylation is 1. The van der Waals surface area contributed by atoms with Crippen LogP contribution in [0.5, 0.6) is 0 Å². The van der Waals surface area contributed by atoms with Gasteiger partial charge in [-0.15, -0.1) is 0 Å². The zero-order valence-electron chi connectivity index (χ0n) is 8.60. The molecule has 0 nitrogen and oxygen atoms in total. The van der Waals surface area contributed by atoms with E-state index in [-0.39, 0.29) is 5.82 Å². The Morgan fingerprint density at radius 1 is 1.31 bits per heavy atom. The van der Waals surface area contributed by atoms with E-state index in [2.05, 4.69) is 20.8 Å². The van der Waals surface area contributed by atoms with Gasteiger partial charge in [0.1, 0.15) is 5.82 Å². The SMILES string of the molecule is CCc1ccc(F)cc1C(C)CC. The van der Waals surface area contributed by atoms with Gasteiger partial charge in [0.25, 0.3) is 0 Å². The summed E-state index contributed by atoms with van der Waals surface area (Å²) in [7, 11) is 0. The van der Waals surface area contributed by atoms with Crippen LogP contribution in [0.2, 0.25) is 0 Å². The van der Waals surface area contributed by atoms with Crippen molar-refractivity contribution in [2.75, 3.05) is 0 Å². The van der Waals surface area contributed by atoms with E-state index in [1.54, 1.807) is 12.1 Å². The van der Waals surface area contributed by atoms with E-state index in [0.29, 0.717) is 5.92 Å². The summed E-state index contributed by atoms with van der Waals surface area (Å²) >= 11 is 0. The van der Waals surface area contributed by atoms with Gasteiger partial charge in [0.05, 0.1) is 0 Å². The fourth-order valence-electron chi connectivity index (χ4n) is 1.57. The van der Waals surface area contributed by atoms with Crippen molar-refractivity contribution in [3.05, 3.63) is 35.1 Å². The molecule has 0 N–H and O–H groups in total. The summed E-state index contributed by atoms with van der Waals surface area (Å²) in [5, 5.41) is 0. The second-order valence-electron chi connectivity index (χ2n) is 3.51. The average Bonchev–Trinajstić information content (AvgIpc) is 2.16. The van der Waals surface area contributed by atoms with Crippen LogP contribution in [-0.2, 0) is 6.42 Å². The number of hydrogen-bond acceptors (Lipinski definition) is 0. The van der Waals surface area contributed by atoms with Crippen molar-refractivity contribution in [1.82, 2.24) is 0 Å². The van der Waals surface area contributed by atoms with Crippen molar-refractivity contribution in [3.63, 3.8) is 0 Å². The first-order chi connectivity index (χ1) is 6.19. The van der Waals surface area contributed by atoms with Gasteiger partial charge in [-0.3, -0.25) is 0 Å². The van der Waals surface area contributed by atoms with Crippen LogP contribution in [0.1, 0.15) is 44.2 Å². The predicted molar refractivity (Wildman–Crippen MR) is 54.5 cm³/mol. The molecular formula is C12H17F. The lowest BCUT2D eigenvalue weighted by Crippen LogP contribution is -1.98. The normalized spacial score (nSPS) is 12.9. The minimum absolute atomic E-state index is 0.118. The molecule has 0 saturated carbocycles. The van der Waals surface area contributed by atoms with E-state index < -0.39 is 0 Å². The fraction of sp³-hybridized carbons (Fsp3) is 0.500. The van der Waals surface area contributed by atoms with Crippen LogP contribution in [0.25, 0.3) is 0 Å². The fourth-order valence-corrected chi connectivity index (χ4v) is 1.57. The maximum atomic E-state index is 13.0. The highest BCUT2D eigenvalue weighted by Crippen LogP contribution is 2.23. The van der Waals surface area contributed by atoms with E-state index in [1.165, 1.54) is 11.1 Å². The summed E-state index contributed by atoms with van der Waals surface area (Å²) < 4.78 is 13.0. The third kappa shape index (κ3) is 2.30. The van der Waals surface area contributed by atoms with Crippen LogP contribution < -0.4 is 0 Å². The Morgan fingerprint density at radius 3 is 2.54 bits per heavy atom. The van der Waals surface area contributed by atoms with Crippen LogP contribution in [-0.4, -0.2) is 0 Å². The zero-order valence-corrected chi connectivity index (χ0v) is 8.60. The lowest BCUT2D eigenvalue weighted by Gasteiger charge is -2.13. The monoisotopic (exact) mass is 180 g/mol. The summed E-state index contributed by atoms with van der Waals surface area (Å²) in [5.41, 5.74) is 2.45. The molecule has 0 spiro atoms. The molecule has 1 heteroatoms. The van der Waals surface area contributed by atoms with Crippen molar-refractivity contribution < 1.29 is 4.39 Å². The Hall–Kier alpha value is -0.850. The Labute approximate surface area is 79.8 Å². The summed E-state index contributed by atoms with van der Waals surface area (Å²) in [4.78, 5) is 0. The number of benzene rings is 1. The first kappa shape index (κ1) is 10.2. The number of halogens is 1. The van der Waals surface area contributed by atoms with Crippen molar-refractivity contribution in [2.45, 2.75) is 39.5 Å². The van der Waals surface area contributed by atoms with Crippen LogP contribution in [0.15, 0.2) is 18.2 Å². The van der Waals surface area contributed by atoms with Gasteiger partial charge in [0, 0.05) is 0 Å². The third-order valence-electron chi connectivity index (χ3n) is 2.63. The molecule has 0 fully saturated rings. The van der Waals surface area contributed by atoms with Gasteiger partial charge in [-0.25, -0.2) is 4.39 Å². The molecule has 0 radical (unpaired) electrons. The Morgan fingerprint density at radius 2 is 2.00 bits per heavy atom. The highest BCUT2D eigenvalue weighted by atomic mass is 19.1. The molecule has 0 aliphatic rings. The Balaban J connectivity index is 3.07. The molecule has 1 unspecified atom stereocenters. The second kappa shape index (κ2) is 4.40. The maximum Gasteiger partial charge on any atom is 0.123 e. The molecule has 0 aromatic heterocycles. The molecule has 1 rings (SSSR count). The van der Waals surface area contributed by atoms with E-state index in [1.807, 2.05) is 6.07 Å². The van der Waals surface area contributed by atoms with Crippen LogP contribution in [0, 0.1) is 5.82 Å². The molecule has 0 heterocycles. The molecule has 0 aliphatic carbocycles. The molecule has 1 atom stereocenters. The Kier molecular flexibility index (Phi) is 3.47. The highest BCUT2D eigenvalue weighted by molar-refractivity contribution is 5.30. The van der Waals surface area contributed by atoms with E-state index >= 15 is 0 Å². The molecule has 13 heavy (non-hydrogen) atoms. The summed E-state index contributed by atoms with van der Waals surface area (Å²) in [6, 6.07) is 5.12. The molecule has 0 amide bonds. The third-order valence-corrected chi connectivity index (χ3v) is 2.63. The molecule has 0 saturated heterocycles. The minimum atomic E-state index is -0.118. The van der Waals surface area contributed by atoms with Crippen molar-refractivity contribution in [2.24, 2.45) is 0 Å². The lowest BCUT2D eigenvalue weighted by molar-refractivity contribution is 0.617. The zero-order chi connectivity index (χ0) is 9.84. The smallest absolute Gasteiger partial charge is 0.123 e. The summed E-state index contributed by atoms with van der Waals surface area (Å²) in [6.07, 6.45) is 2.05. The van der Waals surface area contributed by atoms with Crippen molar-refractivity contribution in [1.29, 1.82) is 0 Å². The van der Waals surface area contributed by atoms with E-state index in [4.69, 9.17) is 0 Å². The molecule has 72 valence electrons. The summed E-state index contributed by atoms with van der Waals surface area (Å²) in [5.74, 6) is 0.346. The van der Waals surface area contributed by atoms with Crippen LogP contribution >= 0.6 is 0 Å². The largest absolute Gasteiger partial charge is 0.207 e. The summed E-state index contributed by atoms with van der Waals surface area (Å²) in [6.45, 7) is 6.39. The first-order valence-corrected chi connectivity index (χ1v) is 4.97. The predicted octanol–water partition coefficient (Wildman–Crippen LogP) is 3.90. The first-order valence-electron chi connectivity index (χ1n) is 4.97. The molecule has 1 aromatic rings. The Bertz CT molecular complexity index is 278. The minimum Gasteiger partial charge on any atom is -0.207 e.